The molecule has 9 nitrogen and oxygen atoms in total. The molecule has 0 bridgehead atoms. The minimum atomic E-state index is -0.945. The summed E-state index contributed by atoms with van der Waals surface area (Å²) in [5.41, 5.74) is -1.65. The minimum absolute atomic E-state index is 0.155. The van der Waals surface area contributed by atoms with Crippen LogP contribution in [0.4, 0.5) is 0 Å². The lowest BCUT2D eigenvalue weighted by Gasteiger charge is -2.32. The summed E-state index contributed by atoms with van der Waals surface area (Å²) >= 11 is 0. The van der Waals surface area contributed by atoms with Crippen LogP contribution in [0, 0.1) is 6.92 Å². The molecule has 0 N–H and O–H groups in total. The molecular weight excluding hydrogens is 332 g/mol. The van der Waals surface area contributed by atoms with E-state index in [9.17, 15) is 24.0 Å². The van der Waals surface area contributed by atoms with Gasteiger partial charge in [-0.1, -0.05) is 6.58 Å². The van der Waals surface area contributed by atoms with Gasteiger partial charge in [0, 0.05) is 33.8 Å². The van der Waals surface area contributed by atoms with Crippen LogP contribution in [-0.4, -0.2) is 33.7 Å². The summed E-state index contributed by atoms with van der Waals surface area (Å²) in [4.78, 5) is 59.0. The van der Waals surface area contributed by atoms with E-state index in [1.165, 1.54) is 13.0 Å². The van der Waals surface area contributed by atoms with Crippen molar-refractivity contribution in [1.82, 2.24) is 10.0 Å². The molecule has 0 unspecified atom stereocenters. The molecule has 0 fully saturated rings. The third kappa shape index (κ3) is 4.40. The zero-order valence-electron chi connectivity index (χ0n) is 14.5. The first kappa shape index (κ1) is 19.8. The maximum absolute atomic E-state index is 12.2. The normalized spacial score (nSPS) is 9.96. The summed E-state index contributed by atoms with van der Waals surface area (Å²) in [6.07, 6.45) is 0. The number of ether oxygens (including phenoxy) is 1. The molecular formula is C16H18N2O7. The van der Waals surface area contributed by atoms with Gasteiger partial charge >= 0.3 is 11.6 Å². The van der Waals surface area contributed by atoms with Crippen molar-refractivity contribution in [2.24, 2.45) is 0 Å². The molecule has 1 rings (SSSR count). The summed E-state index contributed by atoms with van der Waals surface area (Å²) in [6.45, 7) is 9.38. The number of hydrogen-bond acceptors (Lipinski definition) is 7. The third-order valence-electron chi connectivity index (χ3n) is 2.93. The molecule has 0 aliphatic heterocycles. The third-order valence-corrected chi connectivity index (χ3v) is 2.93. The minimum Gasteiger partial charge on any atom is -0.427 e. The number of aryl methyl sites for hydroxylation is 1. The first-order valence-electron chi connectivity index (χ1n) is 7.11. The van der Waals surface area contributed by atoms with E-state index in [-0.39, 0.29) is 22.8 Å². The first-order chi connectivity index (χ1) is 11.5. The van der Waals surface area contributed by atoms with E-state index in [4.69, 9.17) is 9.15 Å². The van der Waals surface area contributed by atoms with Gasteiger partial charge in [0.05, 0.1) is 5.70 Å². The van der Waals surface area contributed by atoms with Gasteiger partial charge < -0.3 is 9.15 Å². The van der Waals surface area contributed by atoms with Gasteiger partial charge in [0.15, 0.2) is 5.75 Å². The highest BCUT2D eigenvalue weighted by atomic mass is 16.5. The molecule has 1 aromatic rings. The fourth-order valence-electron chi connectivity index (χ4n) is 2.14. The van der Waals surface area contributed by atoms with Crippen LogP contribution in [0.3, 0.4) is 0 Å². The summed E-state index contributed by atoms with van der Waals surface area (Å²) < 4.78 is 9.92. The van der Waals surface area contributed by atoms with Crippen molar-refractivity contribution in [2.75, 3.05) is 0 Å². The second-order valence-corrected chi connectivity index (χ2v) is 5.10. The van der Waals surface area contributed by atoms with E-state index in [0.717, 1.165) is 27.7 Å². The van der Waals surface area contributed by atoms with Gasteiger partial charge in [-0.3, -0.25) is 19.2 Å². The van der Waals surface area contributed by atoms with E-state index in [1.54, 1.807) is 0 Å². The van der Waals surface area contributed by atoms with Gasteiger partial charge in [-0.15, -0.1) is 0 Å². The average molecular weight is 350 g/mol. The molecule has 3 amide bonds. The van der Waals surface area contributed by atoms with Crippen molar-refractivity contribution in [1.29, 1.82) is 0 Å². The molecule has 1 aromatic heterocycles. The largest absolute Gasteiger partial charge is 0.427 e. The molecule has 0 aromatic carbocycles. The van der Waals surface area contributed by atoms with E-state index < -0.39 is 29.3 Å². The Morgan fingerprint density at radius 3 is 1.88 bits per heavy atom. The molecule has 0 spiro atoms. The van der Waals surface area contributed by atoms with Gasteiger partial charge in [-0.05, 0) is 6.92 Å². The highest BCUT2D eigenvalue weighted by molar-refractivity contribution is 5.98. The molecule has 134 valence electrons. The molecule has 0 radical (unpaired) electrons. The van der Waals surface area contributed by atoms with Gasteiger partial charge in [0.1, 0.15) is 11.3 Å². The fraction of sp³-hybridized carbons (Fsp3) is 0.312. The molecule has 25 heavy (non-hydrogen) atoms. The summed E-state index contributed by atoms with van der Waals surface area (Å²) in [5.74, 6) is -3.07. The number of hydrogen-bond donors (Lipinski definition) is 0. The zero-order valence-corrected chi connectivity index (χ0v) is 14.5. The number of imide groups is 1. The number of esters is 1. The number of nitrogens with zero attached hydrogens (tertiary/aromatic N) is 2. The topological polar surface area (TPSA) is 114 Å². The lowest BCUT2D eigenvalue weighted by atomic mass is 10.2. The van der Waals surface area contributed by atoms with Crippen molar-refractivity contribution in [3.63, 3.8) is 0 Å². The Kier molecular flexibility index (Phi) is 5.99. The van der Waals surface area contributed by atoms with Crippen LogP contribution in [0.25, 0.3) is 5.70 Å². The maximum Gasteiger partial charge on any atom is 0.349 e. The van der Waals surface area contributed by atoms with Crippen molar-refractivity contribution < 1.29 is 28.3 Å². The molecule has 0 saturated heterocycles. The zero-order chi connectivity index (χ0) is 19.5. The number of carbonyl (C=O) groups is 4. The summed E-state index contributed by atoms with van der Waals surface area (Å²) in [7, 11) is 0. The second-order valence-electron chi connectivity index (χ2n) is 5.10. The van der Waals surface area contributed by atoms with Crippen molar-refractivity contribution in [2.45, 2.75) is 34.6 Å². The van der Waals surface area contributed by atoms with Crippen LogP contribution in [0.2, 0.25) is 0 Å². The average Bonchev–Trinajstić information content (AvgIpc) is 2.41. The Morgan fingerprint density at radius 1 is 1.00 bits per heavy atom. The number of rotatable bonds is 3. The quantitative estimate of drug-likeness (QED) is 0.590. The predicted molar refractivity (Wildman–Crippen MR) is 85.8 cm³/mol. The maximum atomic E-state index is 12.2. The smallest absolute Gasteiger partial charge is 0.349 e. The number of carbonyl (C=O) groups excluding carboxylic acids is 4. The molecule has 0 aliphatic rings. The molecule has 0 aliphatic carbocycles. The Balaban J connectivity index is 3.62. The second kappa shape index (κ2) is 7.56. The standard InChI is InChI=1S/C16H18N2O7/c1-8-7-14(25-13(6)22)15(16(23)24-8)9(2)17(10(3)19)18(11(4)20)12(5)21/h7H,2H2,1,3-6H3. The van der Waals surface area contributed by atoms with E-state index in [0.29, 0.717) is 10.0 Å². The van der Waals surface area contributed by atoms with E-state index >= 15 is 0 Å². The van der Waals surface area contributed by atoms with Crippen LogP contribution in [-0.2, 0) is 19.2 Å². The van der Waals surface area contributed by atoms with Crippen LogP contribution in [0.15, 0.2) is 21.9 Å². The van der Waals surface area contributed by atoms with Crippen molar-refractivity contribution >= 4 is 29.4 Å². The molecule has 0 atom stereocenters. The monoisotopic (exact) mass is 350 g/mol. The van der Waals surface area contributed by atoms with Crippen LogP contribution in [0.5, 0.6) is 5.75 Å². The van der Waals surface area contributed by atoms with Crippen LogP contribution in [0.1, 0.15) is 39.0 Å². The van der Waals surface area contributed by atoms with E-state index in [2.05, 4.69) is 6.58 Å². The summed E-state index contributed by atoms with van der Waals surface area (Å²) in [5, 5.41) is 1.14. The Labute approximate surface area is 143 Å². The van der Waals surface area contributed by atoms with Crippen molar-refractivity contribution in [3.05, 3.63) is 34.4 Å². The lowest BCUT2D eigenvalue weighted by Crippen LogP contribution is -2.49. The van der Waals surface area contributed by atoms with Gasteiger partial charge in [0.25, 0.3) is 0 Å². The molecule has 1 heterocycles. The van der Waals surface area contributed by atoms with Crippen molar-refractivity contribution in [3.8, 4) is 5.75 Å². The first-order valence-corrected chi connectivity index (χ1v) is 7.11. The Hall–Kier alpha value is -3.23. The van der Waals surface area contributed by atoms with Crippen LogP contribution < -0.4 is 10.4 Å². The summed E-state index contributed by atoms with van der Waals surface area (Å²) in [6, 6.07) is 1.26. The van der Waals surface area contributed by atoms with Gasteiger partial charge in [0.2, 0.25) is 17.7 Å². The van der Waals surface area contributed by atoms with Crippen LogP contribution >= 0.6 is 0 Å². The van der Waals surface area contributed by atoms with Gasteiger partial charge in [-0.2, -0.15) is 5.01 Å². The Morgan fingerprint density at radius 2 is 1.48 bits per heavy atom. The van der Waals surface area contributed by atoms with Gasteiger partial charge in [-0.25, -0.2) is 9.80 Å². The molecule has 0 saturated carbocycles. The number of hydrazine groups is 1. The highest BCUT2D eigenvalue weighted by Crippen LogP contribution is 2.27. The highest BCUT2D eigenvalue weighted by Gasteiger charge is 2.31. The SMILES string of the molecule is C=C(c1c(OC(C)=O)cc(C)oc1=O)N(C(C)=O)N(C(C)=O)C(C)=O. The van der Waals surface area contributed by atoms with E-state index in [1.807, 2.05) is 0 Å². The number of amides is 3. The Bertz CT molecular complexity index is 808. The predicted octanol–water partition coefficient (Wildman–Crippen LogP) is 1.00. The lowest BCUT2D eigenvalue weighted by molar-refractivity contribution is -0.163. The fourth-order valence-corrected chi connectivity index (χ4v) is 2.14. The molecule has 9 heteroatoms.